The van der Waals surface area contributed by atoms with Crippen molar-refractivity contribution < 1.29 is 31.7 Å². The molecule has 0 bridgehead atoms. The lowest BCUT2D eigenvalue weighted by Gasteiger charge is -2.19. The second-order valence-electron chi connectivity index (χ2n) is 8.26. The fourth-order valence-corrected chi connectivity index (χ4v) is 4.22. The van der Waals surface area contributed by atoms with Gasteiger partial charge in [-0.25, -0.2) is 0 Å². The van der Waals surface area contributed by atoms with Crippen LogP contribution in [0.4, 0.5) is 18.9 Å². The van der Waals surface area contributed by atoms with Gasteiger partial charge in [-0.15, -0.1) is 0 Å². The molecule has 176 valence electrons. The molecule has 1 aliphatic carbocycles. The van der Waals surface area contributed by atoms with Gasteiger partial charge in [0.05, 0.1) is 11.0 Å². The van der Waals surface area contributed by atoms with Gasteiger partial charge in [-0.1, -0.05) is 30.3 Å². The van der Waals surface area contributed by atoms with Gasteiger partial charge in [0.1, 0.15) is 0 Å². The Balaban J connectivity index is 0.00000152. The summed E-state index contributed by atoms with van der Waals surface area (Å²) < 4.78 is 51.7. The molecule has 1 aliphatic heterocycles. The van der Waals surface area contributed by atoms with Gasteiger partial charge in [0.2, 0.25) is 12.7 Å². The van der Waals surface area contributed by atoms with Crippen molar-refractivity contribution in [3.05, 3.63) is 77.4 Å². The van der Waals surface area contributed by atoms with Crippen molar-refractivity contribution in [1.82, 2.24) is 0 Å². The van der Waals surface area contributed by atoms with Crippen LogP contribution in [0.15, 0.2) is 60.7 Å². The smallest absolute Gasteiger partial charge is 0.416 e. The van der Waals surface area contributed by atoms with Crippen LogP contribution in [0.3, 0.4) is 0 Å². The highest BCUT2D eigenvalue weighted by Crippen LogP contribution is 2.51. The number of hydrogen-bond acceptors (Lipinski definition) is 4. The SMILES string of the molecule is NCc1ccccc1-c1cc(NC(=O)C2(c3ccc4c(c3)OCO4)CC2)cc(C(F)(F)F)c1.[HH].[HH].[HH]. The van der Waals surface area contributed by atoms with Crippen LogP contribution in [0.2, 0.25) is 0 Å². The summed E-state index contributed by atoms with van der Waals surface area (Å²) in [6, 6.07) is 15.9. The topological polar surface area (TPSA) is 73.6 Å². The first-order valence-electron chi connectivity index (χ1n) is 10.5. The molecule has 0 radical (unpaired) electrons. The molecule has 3 N–H and O–H groups in total. The van der Waals surface area contributed by atoms with Gasteiger partial charge in [-0.2, -0.15) is 13.2 Å². The number of rotatable bonds is 5. The minimum Gasteiger partial charge on any atom is -0.454 e. The maximum atomic E-state index is 13.7. The van der Waals surface area contributed by atoms with Crippen molar-refractivity contribution in [2.45, 2.75) is 31.0 Å². The molecule has 0 unspecified atom stereocenters. The van der Waals surface area contributed by atoms with Crippen molar-refractivity contribution in [3.8, 4) is 22.6 Å². The second-order valence-corrected chi connectivity index (χ2v) is 8.26. The Morgan fingerprint density at radius 3 is 2.52 bits per heavy atom. The fourth-order valence-electron chi connectivity index (χ4n) is 4.22. The molecule has 5 rings (SSSR count). The number of anilines is 1. The molecule has 3 aromatic carbocycles. The third-order valence-electron chi connectivity index (χ3n) is 6.18. The van der Waals surface area contributed by atoms with E-state index in [0.717, 1.165) is 17.7 Å². The zero-order valence-corrected chi connectivity index (χ0v) is 17.5. The van der Waals surface area contributed by atoms with Gasteiger partial charge in [-0.3, -0.25) is 4.79 Å². The number of hydrogen-bond donors (Lipinski definition) is 2. The number of fused-ring (bicyclic) bond motifs is 1. The van der Waals surface area contributed by atoms with Crippen LogP contribution in [-0.4, -0.2) is 12.7 Å². The summed E-state index contributed by atoms with van der Waals surface area (Å²) >= 11 is 0. The van der Waals surface area contributed by atoms with Crippen molar-refractivity contribution in [3.63, 3.8) is 0 Å². The quantitative estimate of drug-likeness (QED) is 0.492. The minimum absolute atomic E-state index is 0. The predicted molar refractivity (Wildman–Crippen MR) is 123 cm³/mol. The maximum absolute atomic E-state index is 13.7. The number of benzene rings is 3. The van der Waals surface area contributed by atoms with Gasteiger partial charge < -0.3 is 20.5 Å². The third kappa shape index (κ3) is 3.91. The standard InChI is InChI=1S/C25H21F3N2O3.3H2/c26-25(27,28)18-9-16(20-4-2-1-3-15(20)13-29)10-19(11-18)30-23(31)24(7-8-24)17-5-6-21-22(12-17)33-14-32-21;;;/h1-6,9-12H,7-8,13-14,29H2,(H,30,31);3*1H. The zero-order valence-electron chi connectivity index (χ0n) is 17.5. The highest BCUT2D eigenvalue weighted by molar-refractivity contribution is 6.02. The van der Waals surface area contributed by atoms with Crippen molar-refractivity contribution in [1.29, 1.82) is 0 Å². The number of ether oxygens (including phenoxy) is 2. The fraction of sp³-hybridized carbons (Fsp3) is 0.240. The molecule has 1 fully saturated rings. The summed E-state index contributed by atoms with van der Waals surface area (Å²) in [6.45, 7) is 0.302. The molecule has 1 saturated carbocycles. The molecular weight excluding hydrogens is 433 g/mol. The molecule has 8 heteroatoms. The van der Waals surface area contributed by atoms with Crippen molar-refractivity contribution >= 4 is 11.6 Å². The van der Waals surface area contributed by atoms with E-state index in [1.807, 2.05) is 0 Å². The van der Waals surface area contributed by atoms with E-state index in [0.29, 0.717) is 41.0 Å². The number of carbonyl (C=O) groups is 1. The van der Waals surface area contributed by atoms with Crippen LogP contribution < -0.4 is 20.5 Å². The van der Waals surface area contributed by atoms with E-state index in [1.165, 1.54) is 0 Å². The lowest BCUT2D eigenvalue weighted by molar-refractivity contribution is -0.137. The van der Waals surface area contributed by atoms with Gasteiger partial charge in [-0.05, 0) is 65.4 Å². The van der Waals surface area contributed by atoms with Crippen LogP contribution in [0.5, 0.6) is 11.5 Å². The number of alkyl halides is 3. The molecule has 33 heavy (non-hydrogen) atoms. The lowest BCUT2D eigenvalue weighted by atomic mass is 9.93. The highest BCUT2D eigenvalue weighted by Gasteiger charge is 2.51. The van der Waals surface area contributed by atoms with E-state index < -0.39 is 17.2 Å². The van der Waals surface area contributed by atoms with E-state index in [9.17, 15) is 18.0 Å². The van der Waals surface area contributed by atoms with E-state index in [1.54, 1.807) is 48.5 Å². The van der Waals surface area contributed by atoms with E-state index in [2.05, 4.69) is 5.32 Å². The Hall–Kier alpha value is -3.52. The van der Waals surface area contributed by atoms with E-state index in [-0.39, 0.29) is 29.2 Å². The Bertz CT molecular complexity index is 1250. The van der Waals surface area contributed by atoms with Crippen LogP contribution in [0.25, 0.3) is 11.1 Å². The second kappa shape index (κ2) is 7.81. The Kier molecular flexibility index (Phi) is 5.05. The average molecular weight is 460 g/mol. The zero-order chi connectivity index (χ0) is 23.2. The van der Waals surface area contributed by atoms with Crippen molar-refractivity contribution in [2.24, 2.45) is 5.73 Å². The average Bonchev–Trinajstić information content (AvgIpc) is 3.49. The normalized spacial score (nSPS) is 15.9. The van der Waals surface area contributed by atoms with Gasteiger partial charge in [0, 0.05) is 16.5 Å². The molecular formula is C25H27F3N2O3. The van der Waals surface area contributed by atoms with Crippen LogP contribution in [0.1, 0.15) is 33.8 Å². The predicted octanol–water partition coefficient (Wildman–Crippen LogP) is 5.97. The van der Waals surface area contributed by atoms with E-state index in [4.69, 9.17) is 15.2 Å². The lowest BCUT2D eigenvalue weighted by Crippen LogP contribution is -2.28. The summed E-state index contributed by atoms with van der Waals surface area (Å²) in [4.78, 5) is 13.2. The summed E-state index contributed by atoms with van der Waals surface area (Å²) in [7, 11) is 0. The summed E-state index contributed by atoms with van der Waals surface area (Å²) in [5, 5.41) is 2.73. The first-order chi connectivity index (χ1) is 15.8. The largest absolute Gasteiger partial charge is 0.454 e. The Labute approximate surface area is 192 Å². The number of nitrogens with one attached hydrogen (secondary N) is 1. The molecule has 0 aromatic heterocycles. The van der Waals surface area contributed by atoms with Crippen molar-refractivity contribution in [2.75, 3.05) is 12.1 Å². The number of amides is 1. The molecule has 5 nitrogen and oxygen atoms in total. The first-order valence-corrected chi connectivity index (χ1v) is 10.5. The first kappa shape index (κ1) is 21.3. The Morgan fingerprint density at radius 2 is 1.79 bits per heavy atom. The number of nitrogens with two attached hydrogens (primary N) is 1. The minimum atomic E-state index is -4.57. The van der Waals surface area contributed by atoms with Gasteiger partial charge >= 0.3 is 6.18 Å². The third-order valence-corrected chi connectivity index (χ3v) is 6.18. The van der Waals surface area contributed by atoms with Gasteiger partial charge in [0.25, 0.3) is 0 Å². The number of halogens is 3. The monoisotopic (exact) mass is 460 g/mol. The van der Waals surface area contributed by atoms with Gasteiger partial charge in [0.15, 0.2) is 11.5 Å². The molecule has 3 aromatic rings. The molecule has 0 saturated heterocycles. The Morgan fingerprint density at radius 1 is 1.03 bits per heavy atom. The van der Waals surface area contributed by atoms with E-state index >= 15 is 0 Å². The summed E-state index contributed by atoms with van der Waals surface area (Å²) in [6.07, 6.45) is -3.37. The van der Waals surface area contributed by atoms with Crippen LogP contribution >= 0.6 is 0 Å². The van der Waals surface area contributed by atoms with Crippen LogP contribution in [0, 0.1) is 0 Å². The maximum Gasteiger partial charge on any atom is 0.416 e. The van der Waals surface area contributed by atoms with Crippen LogP contribution in [-0.2, 0) is 22.9 Å². The molecule has 0 spiro atoms. The summed E-state index contributed by atoms with van der Waals surface area (Å²) in [5.74, 6) is 0.820. The number of carbonyl (C=O) groups excluding carboxylic acids is 1. The molecule has 1 heterocycles. The highest BCUT2D eigenvalue weighted by atomic mass is 19.4. The molecule has 0 atom stereocenters. The molecule has 2 aliphatic rings. The molecule has 1 amide bonds. The summed E-state index contributed by atoms with van der Waals surface area (Å²) in [5.41, 5.74) is 6.64.